The minimum absolute atomic E-state index is 0.243. The molecule has 2 rings (SSSR count). The van der Waals surface area contributed by atoms with Gasteiger partial charge in [-0.1, -0.05) is 25.1 Å². The Labute approximate surface area is 125 Å². The maximum atomic E-state index is 13.2. The van der Waals surface area contributed by atoms with Crippen molar-refractivity contribution in [1.29, 1.82) is 0 Å². The van der Waals surface area contributed by atoms with Crippen molar-refractivity contribution in [1.82, 2.24) is 5.01 Å². The lowest BCUT2D eigenvalue weighted by Gasteiger charge is -2.34. The van der Waals surface area contributed by atoms with E-state index in [1.54, 1.807) is 37.3 Å². The molecular formula is C13H14F3N3OS. The van der Waals surface area contributed by atoms with E-state index in [4.69, 9.17) is 12.2 Å². The van der Waals surface area contributed by atoms with Gasteiger partial charge in [-0.05, 0) is 30.8 Å². The zero-order valence-corrected chi connectivity index (χ0v) is 12.0. The van der Waals surface area contributed by atoms with E-state index in [1.165, 1.54) is 0 Å². The molecule has 0 spiro atoms. The van der Waals surface area contributed by atoms with Crippen LogP contribution in [-0.4, -0.2) is 32.8 Å². The normalized spacial score (nSPS) is 22.1. The molecule has 1 unspecified atom stereocenters. The number of nitrogens with one attached hydrogen (secondary N) is 1. The van der Waals surface area contributed by atoms with Crippen molar-refractivity contribution in [3.05, 3.63) is 30.3 Å². The number of hydrogen-bond acceptors (Lipinski definition) is 3. The summed E-state index contributed by atoms with van der Waals surface area (Å²) in [6, 6.07) is 8.50. The second-order valence-electron chi connectivity index (χ2n) is 4.62. The topological polar surface area (TPSA) is 47.9 Å². The number of anilines is 1. The third-order valence-electron chi connectivity index (χ3n) is 3.12. The Kier molecular flexibility index (Phi) is 4.20. The van der Waals surface area contributed by atoms with Crippen LogP contribution in [0.4, 0.5) is 18.9 Å². The minimum Gasteiger partial charge on any atom is -0.362 e. The maximum absolute atomic E-state index is 13.2. The number of hydrogen-bond donors (Lipinski definition) is 2. The second kappa shape index (κ2) is 5.61. The van der Waals surface area contributed by atoms with Gasteiger partial charge in [0.15, 0.2) is 5.11 Å². The summed E-state index contributed by atoms with van der Waals surface area (Å²) in [5.74, 6) is 0. The van der Waals surface area contributed by atoms with E-state index in [2.05, 4.69) is 10.4 Å². The average Bonchev–Trinajstić information content (AvgIpc) is 2.78. The van der Waals surface area contributed by atoms with Crippen LogP contribution in [0.15, 0.2) is 35.4 Å². The van der Waals surface area contributed by atoms with Crippen LogP contribution in [0.2, 0.25) is 0 Å². The van der Waals surface area contributed by atoms with Gasteiger partial charge in [0, 0.05) is 17.8 Å². The van der Waals surface area contributed by atoms with Crippen LogP contribution in [-0.2, 0) is 0 Å². The van der Waals surface area contributed by atoms with Gasteiger partial charge < -0.3 is 10.4 Å². The lowest BCUT2D eigenvalue weighted by Crippen LogP contribution is -2.57. The molecule has 0 fully saturated rings. The summed E-state index contributed by atoms with van der Waals surface area (Å²) in [6.45, 7) is 1.67. The molecular weight excluding hydrogens is 303 g/mol. The number of alkyl halides is 3. The second-order valence-corrected chi connectivity index (χ2v) is 5.01. The molecule has 1 aliphatic heterocycles. The Morgan fingerprint density at radius 1 is 1.43 bits per heavy atom. The number of rotatable bonds is 2. The van der Waals surface area contributed by atoms with Crippen LogP contribution in [0.5, 0.6) is 0 Å². The standard InChI is InChI=1S/C13H14F3N3OS/c1-2-9-8-12(20,13(14,15)16)19(18-9)11(21)17-10-6-4-3-5-7-10/h3-7,20H,2,8H2,1H3,(H,17,21). The summed E-state index contributed by atoms with van der Waals surface area (Å²) in [7, 11) is 0. The molecule has 1 aliphatic rings. The number of aliphatic hydroxyl groups is 1. The number of thiocarbonyl (C=S) groups is 1. The van der Waals surface area contributed by atoms with E-state index in [-0.39, 0.29) is 10.8 Å². The first-order chi connectivity index (χ1) is 9.78. The molecule has 114 valence electrons. The molecule has 1 aromatic carbocycles. The Hall–Kier alpha value is -1.67. The predicted molar refractivity (Wildman–Crippen MR) is 77.8 cm³/mol. The monoisotopic (exact) mass is 317 g/mol. The highest BCUT2D eigenvalue weighted by molar-refractivity contribution is 7.80. The van der Waals surface area contributed by atoms with Crippen LogP contribution in [0.3, 0.4) is 0 Å². The molecule has 0 amide bonds. The molecule has 1 aromatic rings. The van der Waals surface area contributed by atoms with E-state index < -0.39 is 18.3 Å². The number of halogens is 3. The van der Waals surface area contributed by atoms with E-state index >= 15 is 0 Å². The van der Waals surface area contributed by atoms with Gasteiger partial charge in [-0.25, -0.2) is 0 Å². The molecule has 0 bridgehead atoms. The van der Waals surface area contributed by atoms with Crippen LogP contribution >= 0.6 is 12.2 Å². The zero-order valence-electron chi connectivity index (χ0n) is 11.2. The first kappa shape index (κ1) is 15.7. The highest BCUT2D eigenvalue weighted by atomic mass is 32.1. The number of hydrazone groups is 1. The molecule has 0 aliphatic carbocycles. The Bertz CT molecular complexity index is 562. The lowest BCUT2D eigenvalue weighted by molar-refractivity contribution is -0.294. The molecule has 0 saturated heterocycles. The van der Waals surface area contributed by atoms with Gasteiger partial charge in [0.25, 0.3) is 5.72 Å². The van der Waals surface area contributed by atoms with Crippen molar-refractivity contribution < 1.29 is 18.3 Å². The van der Waals surface area contributed by atoms with Crippen molar-refractivity contribution in [3.63, 3.8) is 0 Å². The molecule has 21 heavy (non-hydrogen) atoms. The molecule has 4 nitrogen and oxygen atoms in total. The molecule has 2 N–H and O–H groups in total. The van der Waals surface area contributed by atoms with Crippen molar-refractivity contribution in [2.24, 2.45) is 5.10 Å². The third kappa shape index (κ3) is 3.01. The predicted octanol–water partition coefficient (Wildman–Crippen LogP) is 3.11. The Morgan fingerprint density at radius 2 is 2.05 bits per heavy atom. The van der Waals surface area contributed by atoms with E-state index in [9.17, 15) is 18.3 Å². The fourth-order valence-corrected chi connectivity index (χ4v) is 2.26. The van der Waals surface area contributed by atoms with Gasteiger partial charge in [0.1, 0.15) is 0 Å². The van der Waals surface area contributed by atoms with Gasteiger partial charge in [0.2, 0.25) is 0 Å². The van der Waals surface area contributed by atoms with Crippen LogP contribution < -0.4 is 5.32 Å². The maximum Gasteiger partial charge on any atom is 0.438 e. The van der Waals surface area contributed by atoms with Crippen molar-refractivity contribution in [2.75, 3.05) is 5.32 Å². The quantitative estimate of drug-likeness (QED) is 0.823. The number of benzene rings is 1. The third-order valence-corrected chi connectivity index (χ3v) is 3.40. The van der Waals surface area contributed by atoms with Gasteiger partial charge in [-0.15, -0.1) is 0 Å². The van der Waals surface area contributed by atoms with Gasteiger partial charge in [0.05, 0.1) is 0 Å². The van der Waals surface area contributed by atoms with Crippen molar-refractivity contribution in [3.8, 4) is 0 Å². The first-order valence-electron chi connectivity index (χ1n) is 6.29. The van der Waals surface area contributed by atoms with E-state index in [0.29, 0.717) is 17.1 Å². The van der Waals surface area contributed by atoms with E-state index in [1.807, 2.05) is 0 Å². The fourth-order valence-electron chi connectivity index (χ4n) is 1.95. The van der Waals surface area contributed by atoms with Crippen molar-refractivity contribution in [2.45, 2.75) is 31.7 Å². The number of para-hydroxylation sites is 1. The van der Waals surface area contributed by atoms with Crippen LogP contribution in [0.25, 0.3) is 0 Å². The first-order valence-corrected chi connectivity index (χ1v) is 6.70. The highest BCUT2D eigenvalue weighted by Crippen LogP contribution is 2.40. The molecule has 8 heteroatoms. The summed E-state index contributed by atoms with van der Waals surface area (Å²) in [5.41, 5.74) is -2.34. The Morgan fingerprint density at radius 3 is 2.57 bits per heavy atom. The number of nitrogens with zero attached hydrogens (tertiary/aromatic N) is 2. The highest BCUT2D eigenvalue weighted by Gasteiger charge is 2.62. The Balaban J connectivity index is 2.26. The minimum atomic E-state index is -4.87. The summed E-state index contributed by atoms with van der Waals surface area (Å²) in [4.78, 5) is 0. The van der Waals surface area contributed by atoms with Gasteiger partial charge in [-0.3, -0.25) is 0 Å². The smallest absolute Gasteiger partial charge is 0.362 e. The van der Waals surface area contributed by atoms with Crippen LogP contribution in [0, 0.1) is 0 Å². The average molecular weight is 317 g/mol. The van der Waals surface area contributed by atoms with Crippen LogP contribution in [0.1, 0.15) is 19.8 Å². The summed E-state index contributed by atoms with van der Waals surface area (Å²) in [5, 5.41) is 16.6. The molecule has 1 heterocycles. The fraction of sp³-hybridized carbons (Fsp3) is 0.385. The molecule has 0 saturated carbocycles. The zero-order chi connectivity index (χ0) is 15.7. The molecule has 1 atom stereocenters. The lowest BCUT2D eigenvalue weighted by atomic mass is 10.1. The molecule has 0 aromatic heterocycles. The van der Waals surface area contributed by atoms with Gasteiger partial charge >= 0.3 is 6.18 Å². The van der Waals surface area contributed by atoms with E-state index in [0.717, 1.165) is 0 Å². The van der Waals surface area contributed by atoms with Gasteiger partial charge in [-0.2, -0.15) is 23.3 Å². The largest absolute Gasteiger partial charge is 0.438 e. The summed E-state index contributed by atoms with van der Waals surface area (Å²) >= 11 is 4.96. The SMILES string of the molecule is CCC1=NN(C(=S)Nc2ccccc2)C(O)(C(F)(F)F)C1. The molecule has 0 radical (unpaired) electrons. The summed E-state index contributed by atoms with van der Waals surface area (Å²) < 4.78 is 39.5. The van der Waals surface area contributed by atoms with Crippen molar-refractivity contribution >= 4 is 28.7 Å². The summed E-state index contributed by atoms with van der Waals surface area (Å²) in [6.07, 6.45) is -5.16.